The van der Waals surface area contributed by atoms with Crippen LogP contribution < -0.4 is 5.32 Å². The Labute approximate surface area is 123 Å². The van der Waals surface area contributed by atoms with E-state index in [1.165, 1.54) is 36.8 Å². The zero-order valence-electron chi connectivity index (χ0n) is 13.4. The molecule has 1 atom stereocenters. The zero-order valence-corrected chi connectivity index (χ0v) is 13.4. The maximum Gasteiger partial charge on any atom is 0.0522 e. The molecule has 112 valence electrons. The van der Waals surface area contributed by atoms with Crippen molar-refractivity contribution in [2.45, 2.75) is 58.0 Å². The number of pyridine rings is 1. The number of nitrogens with one attached hydrogen (secondary N) is 1. The average molecular weight is 275 g/mol. The largest absolute Gasteiger partial charge is 0.311 e. The smallest absolute Gasteiger partial charge is 0.0522 e. The van der Waals surface area contributed by atoms with Gasteiger partial charge in [-0.2, -0.15) is 0 Å². The molecular weight excluding hydrogens is 246 g/mol. The molecule has 0 spiro atoms. The highest BCUT2D eigenvalue weighted by Gasteiger charge is 2.45. The second-order valence-electron chi connectivity index (χ2n) is 5.94. The quantitative estimate of drug-likeness (QED) is 0.863. The van der Waals surface area contributed by atoms with Gasteiger partial charge in [0.15, 0.2) is 0 Å². The number of nitrogens with zero attached hydrogens (tertiary/aromatic N) is 2. The standard InChI is InChI=1S/C17H29N3/c1-5-20(6-2)17(10-7-8-11-17)16(18-4)15-13-19-12-9-14(15)3/h9,12-13,16,18H,5-8,10-11H2,1-4H3. The molecule has 1 aromatic heterocycles. The highest BCUT2D eigenvalue weighted by molar-refractivity contribution is 5.29. The minimum absolute atomic E-state index is 0.256. The SMILES string of the molecule is CCN(CC)C1(C(NC)c2cnccc2C)CCCC1. The summed E-state index contributed by atoms with van der Waals surface area (Å²) in [5.41, 5.74) is 2.97. The van der Waals surface area contributed by atoms with Crippen LogP contribution in [0.2, 0.25) is 0 Å². The molecule has 0 bridgehead atoms. The molecule has 0 radical (unpaired) electrons. The molecule has 1 unspecified atom stereocenters. The highest BCUT2D eigenvalue weighted by atomic mass is 15.2. The Morgan fingerprint density at radius 1 is 1.30 bits per heavy atom. The maximum atomic E-state index is 4.37. The van der Waals surface area contributed by atoms with Gasteiger partial charge in [0.2, 0.25) is 0 Å². The average Bonchev–Trinajstić information content (AvgIpc) is 2.93. The van der Waals surface area contributed by atoms with E-state index in [-0.39, 0.29) is 5.54 Å². The summed E-state index contributed by atoms with van der Waals surface area (Å²) in [6.45, 7) is 9.01. The van der Waals surface area contributed by atoms with Gasteiger partial charge in [0.05, 0.1) is 6.04 Å². The van der Waals surface area contributed by atoms with Gasteiger partial charge in [-0.1, -0.05) is 26.7 Å². The molecule has 0 aromatic carbocycles. The van der Waals surface area contributed by atoms with Crippen LogP contribution in [0.25, 0.3) is 0 Å². The Morgan fingerprint density at radius 2 is 1.95 bits per heavy atom. The van der Waals surface area contributed by atoms with E-state index in [0.717, 1.165) is 13.1 Å². The van der Waals surface area contributed by atoms with Crippen LogP contribution in [0.15, 0.2) is 18.5 Å². The lowest BCUT2D eigenvalue weighted by Gasteiger charge is -2.46. The Balaban J connectivity index is 2.43. The molecule has 1 aliphatic carbocycles. The van der Waals surface area contributed by atoms with Crippen molar-refractivity contribution < 1.29 is 0 Å². The van der Waals surface area contributed by atoms with Crippen molar-refractivity contribution in [3.63, 3.8) is 0 Å². The van der Waals surface area contributed by atoms with Crippen molar-refractivity contribution in [3.05, 3.63) is 29.6 Å². The van der Waals surface area contributed by atoms with E-state index >= 15 is 0 Å². The van der Waals surface area contributed by atoms with Gasteiger partial charge >= 0.3 is 0 Å². The van der Waals surface area contributed by atoms with E-state index in [4.69, 9.17) is 0 Å². The first-order valence-corrected chi connectivity index (χ1v) is 8.02. The van der Waals surface area contributed by atoms with Crippen LogP contribution in [0.3, 0.4) is 0 Å². The van der Waals surface area contributed by atoms with Gasteiger partial charge in [-0.3, -0.25) is 9.88 Å². The Kier molecular flexibility index (Phi) is 5.17. The fraction of sp³-hybridized carbons (Fsp3) is 0.706. The lowest BCUT2D eigenvalue weighted by Crippen LogP contribution is -2.54. The Hall–Kier alpha value is -0.930. The van der Waals surface area contributed by atoms with E-state index < -0.39 is 0 Å². The first-order valence-electron chi connectivity index (χ1n) is 8.02. The molecule has 20 heavy (non-hydrogen) atoms. The summed E-state index contributed by atoms with van der Waals surface area (Å²) >= 11 is 0. The van der Waals surface area contributed by atoms with Gasteiger partial charge in [-0.25, -0.2) is 0 Å². The molecular formula is C17H29N3. The van der Waals surface area contributed by atoms with E-state index in [1.54, 1.807) is 0 Å². The van der Waals surface area contributed by atoms with Gasteiger partial charge in [0, 0.05) is 17.9 Å². The van der Waals surface area contributed by atoms with Gasteiger partial charge < -0.3 is 5.32 Å². The number of hydrogen-bond donors (Lipinski definition) is 1. The lowest BCUT2D eigenvalue weighted by molar-refractivity contribution is 0.0652. The topological polar surface area (TPSA) is 28.2 Å². The predicted octanol–water partition coefficient (Wildman–Crippen LogP) is 3.31. The molecule has 0 amide bonds. The summed E-state index contributed by atoms with van der Waals surface area (Å²) < 4.78 is 0. The number of aryl methyl sites for hydroxylation is 1. The van der Waals surface area contributed by atoms with Gasteiger partial charge in [0.1, 0.15) is 0 Å². The second-order valence-corrected chi connectivity index (χ2v) is 5.94. The molecule has 0 aliphatic heterocycles. The third-order valence-corrected chi connectivity index (χ3v) is 5.08. The molecule has 3 nitrogen and oxygen atoms in total. The summed E-state index contributed by atoms with van der Waals surface area (Å²) in [6.07, 6.45) is 9.20. The molecule has 1 saturated carbocycles. The number of likely N-dealkylation sites (N-methyl/N-ethyl adjacent to an activating group) is 2. The molecule has 3 heteroatoms. The van der Waals surface area contributed by atoms with Crippen LogP contribution in [0, 0.1) is 6.92 Å². The Bertz CT molecular complexity index is 420. The molecule has 0 saturated heterocycles. The highest BCUT2D eigenvalue weighted by Crippen LogP contribution is 2.44. The molecule has 1 aliphatic rings. The molecule has 2 rings (SSSR count). The third kappa shape index (κ3) is 2.61. The van der Waals surface area contributed by atoms with E-state index in [2.05, 4.69) is 55.3 Å². The van der Waals surface area contributed by atoms with Crippen LogP contribution in [-0.2, 0) is 0 Å². The van der Waals surface area contributed by atoms with Crippen LogP contribution in [0.5, 0.6) is 0 Å². The van der Waals surface area contributed by atoms with Crippen molar-refractivity contribution in [1.82, 2.24) is 15.2 Å². The normalized spacial score (nSPS) is 19.4. The van der Waals surface area contributed by atoms with E-state index in [1.807, 2.05) is 6.20 Å². The number of hydrogen-bond acceptors (Lipinski definition) is 3. The summed E-state index contributed by atoms with van der Waals surface area (Å²) in [5, 5.41) is 3.61. The minimum atomic E-state index is 0.256. The fourth-order valence-corrected chi connectivity index (χ4v) is 4.12. The predicted molar refractivity (Wildman–Crippen MR) is 84.9 cm³/mol. The van der Waals surface area contributed by atoms with Gasteiger partial charge in [-0.15, -0.1) is 0 Å². The summed E-state index contributed by atoms with van der Waals surface area (Å²) in [6, 6.07) is 2.50. The zero-order chi connectivity index (χ0) is 14.6. The van der Waals surface area contributed by atoms with Crippen molar-refractivity contribution in [2.24, 2.45) is 0 Å². The fourth-order valence-electron chi connectivity index (χ4n) is 4.12. The van der Waals surface area contributed by atoms with Crippen molar-refractivity contribution >= 4 is 0 Å². The van der Waals surface area contributed by atoms with Gasteiger partial charge in [0.25, 0.3) is 0 Å². The van der Waals surface area contributed by atoms with E-state index in [9.17, 15) is 0 Å². The van der Waals surface area contributed by atoms with Crippen molar-refractivity contribution in [1.29, 1.82) is 0 Å². The van der Waals surface area contributed by atoms with Crippen LogP contribution in [0.4, 0.5) is 0 Å². The van der Waals surface area contributed by atoms with Crippen LogP contribution >= 0.6 is 0 Å². The van der Waals surface area contributed by atoms with Crippen molar-refractivity contribution in [2.75, 3.05) is 20.1 Å². The first-order chi connectivity index (χ1) is 9.69. The van der Waals surface area contributed by atoms with E-state index in [0.29, 0.717) is 6.04 Å². The number of rotatable bonds is 6. The molecule has 1 heterocycles. The van der Waals surface area contributed by atoms with Gasteiger partial charge in [-0.05, 0) is 57.1 Å². The summed E-state index contributed by atoms with van der Waals surface area (Å²) in [5.74, 6) is 0. The molecule has 1 fully saturated rings. The lowest BCUT2D eigenvalue weighted by atomic mass is 9.81. The number of aromatic nitrogens is 1. The van der Waals surface area contributed by atoms with Crippen LogP contribution in [0.1, 0.15) is 56.7 Å². The minimum Gasteiger partial charge on any atom is -0.311 e. The first kappa shape index (κ1) is 15.5. The molecule has 1 aromatic rings. The summed E-state index contributed by atoms with van der Waals surface area (Å²) in [7, 11) is 2.10. The molecule has 1 N–H and O–H groups in total. The summed E-state index contributed by atoms with van der Waals surface area (Å²) in [4.78, 5) is 7.03. The van der Waals surface area contributed by atoms with Crippen LogP contribution in [-0.4, -0.2) is 35.6 Å². The second kappa shape index (κ2) is 6.68. The Morgan fingerprint density at radius 3 is 2.45 bits per heavy atom. The maximum absolute atomic E-state index is 4.37. The monoisotopic (exact) mass is 275 g/mol. The third-order valence-electron chi connectivity index (χ3n) is 5.08. The van der Waals surface area contributed by atoms with Crippen molar-refractivity contribution in [3.8, 4) is 0 Å².